The highest BCUT2D eigenvalue weighted by Crippen LogP contribution is 2.12. The Hall–Kier alpha value is -1.38. The monoisotopic (exact) mass is 149 g/mol. The fraction of sp³-hybridized carbons (Fsp3) is 0.250. The van der Waals surface area contributed by atoms with Crippen LogP contribution in [0.1, 0.15) is 17.0 Å². The molecule has 0 aliphatic heterocycles. The third-order valence-electron chi connectivity index (χ3n) is 1.71. The topological polar surface area (TPSA) is 30.2 Å². The van der Waals surface area contributed by atoms with Crippen molar-refractivity contribution in [1.82, 2.24) is 9.89 Å². The number of aromatic nitrogens is 2. The first kappa shape index (κ1) is 7.72. The van der Waals surface area contributed by atoms with E-state index in [1.54, 1.807) is 6.08 Å². The maximum absolute atomic E-state index is 4.12. The number of rotatable bonds is 2. The molecule has 3 heteroatoms. The first-order valence-corrected chi connectivity index (χ1v) is 3.36. The molecule has 0 bridgehead atoms. The third kappa shape index (κ3) is 1.09. The minimum absolute atomic E-state index is 0.914. The summed E-state index contributed by atoms with van der Waals surface area (Å²) in [5.41, 5.74) is 2.98. The summed E-state index contributed by atoms with van der Waals surface area (Å²) in [6.45, 7) is 11.0. The van der Waals surface area contributed by atoms with Crippen LogP contribution in [0.2, 0.25) is 0 Å². The molecular weight excluding hydrogens is 138 g/mol. The Morgan fingerprint density at radius 3 is 2.55 bits per heavy atom. The van der Waals surface area contributed by atoms with E-state index in [0.717, 1.165) is 17.0 Å². The Morgan fingerprint density at radius 2 is 2.18 bits per heavy atom. The molecule has 0 saturated heterocycles. The van der Waals surface area contributed by atoms with Crippen LogP contribution in [0, 0.1) is 13.8 Å². The molecule has 1 aromatic rings. The molecule has 0 atom stereocenters. The minimum atomic E-state index is 0.914. The van der Waals surface area contributed by atoms with E-state index in [0.29, 0.717) is 0 Å². The second kappa shape index (κ2) is 2.70. The normalized spacial score (nSPS) is 9.64. The first-order valence-electron chi connectivity index (χ1n) is 3.36. The van der Waals surface area contributed by atoms with Crippen LogP contribution < -0.4 is 0 Å². The second-order valence-corrected chi connectivity index (χ2v) is 2.33. The zero-order valence-corrected chi connectivity index (χ0v) is 6.83. The highest BCUT2D eigenvalue weighted by Gasteiger charge is 2.05. The molecule has 0 amide bonds. The van der Waals surface area contributed by atoms with Crippen LogP contribution in [0.5, 0.6) is 0 Å². The van der Waals surface area contributed by atoms with Crippen LogP contribution in [0.25, 0.3) is 6.08 Å². The highest BCUT2D eigenvalue weighted by molar-refractivity contribution is 5.48. The van der Waals surface area contributed by atoms with Crippen molar-refractivity contribution >= 4 is 12.8 Å². The second-order valence-electron chi connectivity index (χ2n) is 2.33. The average molecular weight is 149 g/mol. The van der Waals surface area contributed by atoms with Crippen LogP contribution in [-0.4, -0.2) is 16.6 Å². The van der Waals surface area contributed by atoms with Crippen molar-refractivity contribution in [2.24, 2.45) is 5.10 Å². The lowest BCUT2D eigenvalue weighted by Gasteiger charge is -1.93. The van der Waals surface area contributed by atoms with Crippen LogP contribution in [0.3, 0.4) is 0 Å². The quantitative estimate of drug-likeness (QED) is 0.587. The van der Waals surface area contributed by atoms with Crippen LogP contribution in [0.15, 0.2) is 11.7 Å². The van der Waals surface area contributed by atoms with Crippen molar-refractivity contribution in [2.75, 3.05) is 0 Å². The van der Waals surface area contributed by atoms with Crippen molar-refractivity contribution in [2.45, 2.75) is 13.8 Å². The van der Waals surface area contributed by atoms with Gasteiger partial charge in [-0.1, -0.05) is 6.58 Å². The molecule has 1 rings (SSSR count). The van der Waals surface area contributed by atoms with Crippen molar-refractivity contribution in [3.63, 3.8) is 0 Å². The summed E-state index contributed by atoms with van der Waals surface area (Å²) in [5.74, 6) is 0. The summed E-state index contributed by atoms with van der Waals surface area (Å²) in [6.07, 6.45) is 1.73. The Kier molecular flexibility index (Phi) is 1.89. The van der Waals surface area contributed by atoms with Crippen LogP contribution in [-0.2, 0) is 0 Å². The molecule has 3 nitrogen and oxygen atoms in total. The van der Waals surface area contributed by atoms with Gasteiger partial charge < -0.3 is 0 Å². The van der Waals surface area contributed by atoms with E-state index >= 15 is 0 Å². The van der Waals surface area contributed by atoms with Gasteiger partial charge in [0.05, 0.1) is 11.4 Å². The van der Waals surface area contributed by atoms with Gasteiger partial charge in [-0.2, -0.15) is 15.0 Å². The fourth-order valence-corrected chi connectivity index (χ4v) is 0.949. The van der Waals surface area contributed by atoms with Gasteiger partial charge in [0, 0.05) is 6.72 Å². The molecule has 58 valence electrons. The molecule has 0 aliphatic rings. The number of aryl methyl sites for hydroxylation is 1. The van der Waals surface area contributed by atoms with Crippen LogP contribution in [0.4, 0.5) is 0 Å². The molecule has 0 aromatic carbocycles. The lowest BCUT2D eigenvalue weighted by atomic mass is 10.2. The summed E-state index contributed by atoms with van der Waals surface area (Å²) in [5, 5.41) is 7.82. The third-order valence-corrected chi connectivity index (χ3v) is 1.71. The zero-order chi connectivity index (χ0) is 8.43. The van der Waals surface area contributed by atoms with Gasteiger partial charge in [-0.05, 0) is 25.5 Å². The summed E-state index contributed by atoms with van der Waals surface area (Å²) in [4.78, 5) is 1.48. The SMILES string of the molecule is C=Cc1c(C)c(C)nn1N=C. The first-order chi connectivity index (χ1) is 5.20. The van der Waals surface area contributed by atoms with E-state index < -0.39 is 0 Å². The maximum atomic E-state index is 4.12. The van der Waals surface area contributed by atoms with Gasteiger partial charge in [-0.25, -0.2) is 0 Å². The summed E-state index contributed by atoms with van der Waals surface area (Å²) >= 11 is 0. The fourth-order valence-electron chi connectivity index (χ4n) is 0.949. The Labute approximate surface area is 66.0 Å². The van der Waals surface area contributed by atoms with E-state index in [1.807, 2.05) is 13.8 Å². The van der Waals surface area contributed by atoms with Gasteiger partial charge >= 0.3 is 0 Å². The van der Waals surface area contributed by atoms with Gasteiger partial charge in [0.25, 0.3) is 0 Å². The Morgan fingerprint density at radius 1 is 1.55 bits per heavy atom. The molecule has 11 heavy (non-hydrogen) atoms. The molecule has 0 spiro atoms. The molecule has 0 unspecified atom stereocenters. The van der Waals surface area contributed by atoms with Crippen LogP contribution >= 0.6 is 0 Å². The summed E-state index contributed by atoms with van der Waals surface area (Å²) in [6, 6.07) is 0. The number of nitrogens with zero attached hydrogens (tertiary/aromatic N) is 3. The smallest absolute Gasteiger partial charge is 0.0898 e. The van der Waals surface area contributed by atoms with Gasteiger partial charge in [-0.3, -0.25) is 0 Å². The van der Waals surface area contributed by atoms with Crippen molar-refractivity contribution < 1.29 is 0 Å². The Balaban J connectivity index is 3.37. The molecule has 0 aliphatic carbocycles. The van der Waals surface area contributed by atoms with E-state index in [1.165, 1.54) is 4.79 Å². The predicted molar refractivity (Wildman–Crippen MR) is 46.7 cm³/mol. The van der Waals surface area contributed by atoms with Crippen molar-refractivity contribution in [3.05, 3.63) is 23.5 Å². The van der Waals surface area contributed by atoms with Crippen molar-refractivity contribution in [1.29, 1.82) is 0 Å². The van der Waals surface area contributed by atoms with E-state index in [4.69, 9.17) is 0 Å². The standard InChI is InChI=1S/C8H11N3/c1-5-8-6(2)7(3)10-11(8)9-4/h5H,1,4H2,2-3H3. The zero-order valence-electron chi connectivity index (χ0n) is 6.83. The summed E-state index contributed by atoms with van der Waals surface area (Å²) < 4.78 is 0. The van der Waals surface area contributed by atoms with E-state index in [-0.39, 0.29) is 0 Å². The highest BCUT2D eigenvalue weighted by atomic mass is 15.5. The number of hydrogen-bond donors (Lipinski definition) is 0. The van der Waals surface area contributed by atoms with Gasteiger partial charge in [0.1, 0.15) is 0 Å². The molecular formula is C8H11N3. The molecule has 1 aromatic heterocycles. The maximum Gasteiger partial charge on any atom is 0.0898 e. The number of hydrogen-bond acceptors (Lipinski definition) is 2. The van der Waals surface area contributed by atoms with Gasteiger partial charge in [0.2, 0.25) is 0 Å². The van der Waals surface area contributed by atoms with E-state index in [9.17, 15) is 0 Å². The van der Waals surface area contributed by atoms with Crippen molar-refractivity contribution in [3.8, 4) is 0 Å². The molecule has 0 saturated carbocycles. The largest absolute Gasteiger partial charge is 0.166 e. The predicted octanol–water partition coefficient (Wildman–Crippen LogP) is 1.61. The van der Waals surface area contributed by atoms with Gasteiger partial charge in [0.15, 0.2) is 0 Å². The summed E-state index contributed by atoms with van der Waals surface area (Å²) in [7, 11) is 0. The molecule has 0 fully saturated rings. The van der Waals surface area contributed by atoms with Gasteiger partial charge in [-0.15, -0.1) is 0 Å². The van der Waals surface area contributed by atoms with E-state index in [2.05, 4.69) is 23.5 Å². The lowest BCUT2D eigenvalue weighted by Crippen LogP contribution is -1.92. The minimum Gasteiger partial charge on any atom is -0.166 e. The Bertz CT molecular complexity index is 297. The lowest BCUT2D eigenvalue weighted by molar-refractivity contribution is 0.730. The molecule has 1 heterocycles. The molecule has 0 radical (unpaired) electrons. The molecule has 0 N–H and O–H groups in total. The average Bonchev–Trinajstić information content (AvgIpc) is 2.28.